The van der Waals surface area contributed by atoms with Gasteiger partial charge in [0.2, 0.25) is 5.88 Å². The summed E-state index contributed by atoms with van der Waals surface area (Å²) in [5, 5.41) is 11.3. The molecule has 1 aromatic heterocycles. The van der Waals surface area contributed by atoms with E-state index in [9.17, 15) is 5.26 Å². The molecule has 88 valence electrons. The first kappa shape index (κ1) is 10.9. The summed E-state index contributed by atoms with van der Waals surface area (Å²) in [6, 6.07) is 13.8. The molecule has 0 amide bonds. The van der Waals surface area contributed by atoms with Crippen LogP contribution in [0.25, 0.3) is 0 Å². The molecular formula is C14H10N2OS. The zero-order chi connectivity index (χ0) is 12.5. The Kier molecular flexibility index (Phi) is 2.54. The molecule has 3 rings (SSSR count). The van der Waals surface area contributed by atoms with Crippen LogP contribution >= 0.6 is 11.3 Å². The lowest BCUT2D eigenvalue weighted by Crippen LogP contribution is -2.20. The Morgan fingerprint density at radius 2 is 2.06 bits per heavy atom. The molecule has 0 spiro atoms. The second kappa shape index (κ2) is 4.21. The SMILES string of the molecule is N#CC1=C(N)Oc2ccccc2[C@H]1c1cccs1. The summed E-state index contributed by atoms with van der Waals surface area (Å²) in [5.41, 5.74) is 7.31. The Morgan fingerprint density at radius 1 is 1.22 bits per heavy atom. The number of nitriles is 1. The van der Waals surface area contributed by atoms with Crippen molar-refractivity contribution in [1.29, 1.82) is 5.26 Å². The molecule has 0 unspecified atom stereocenters. The molecule has 1 aromatic carbocycles. The molecule has 0 radical (unpaired) electrons. The van der Waals surface area contributed by atoms with Gasteiger partial charge >= 0.3 is 0 Å². The predicted molar refractivity (Wildman–Crippen MR) is 70.1 cm³/mol. The van der Waals surface area contributed by atoms with Gasteiger partial charge in [0, 0.05) is 10.4 Å². The van der Waals surface area contributed by atoms with Gasteiger partial charge in [-0.3, -0.25) is 0 Å². The predicted octanol–water partition coefficient (Wildman–Crippen LogP) is 2.97. The van der Waals surface area contributed by atoms with Crippen LogP contribution in [-0.2, 0) is 0 Å². The molecule has 1 aliphatic rings. The van der Waals surface area contributed by atoms with Gasteiger partial charge in [0.05, 0.1) is 5.92 Å². The number of allylic oxidation sites excluding steroid dienone is 1. The van der Waals surface area contributed by atoms with Gasteiger partial charge in [-0.25, -0.2) is 0 Å². The van der Waals surface area contributed by atoms with E-state index in [0.29, 0.717) is 5.57 Å². The summed E-state index contributed by atoms with van der Waals surface area (Å²) in [6.07, 6.45) is 0. The summed E-state index contributed by atoms with van der Waals surface area (Å²) in [6.45, 7) is 0. The number of thiophene rings is 1. The maximum absolute atomic E-state index is 9.29. The van der Waals surface area contributed by atoms with E-state index in [0.717, 1.165) is 16.2 Å². The van der Waals surface area contributed by atoms with Gasteiger partial charge in [0.15, 0.2) is 0 Å². The molecule has 2 N–H and O–H groups in total. The van der Waals surface area contributed by atoms with E-state index in [1.54, 1.807) is 11.3 Å². The molecule has 1 atom stereocenters. The van der Waals surface area contributed by atoms with Gasteiger partial charge in [0.25, 0.3) is 0 Å². The van der Waals surface area contributed by atoms with E-state index in [4.69, 9.17) is 10.5 Å². The molecular weight excluding hydrogens is 244 g/mol. The minimum Gasteiger partial charge on any atom is -0.440 e. The molecule has 0 fully saturated rings. The smallest absolute Gasteiger partial charge is 0.205 e. The lowest BCUT2D eigenvalue weighted by molar-refractivity contribution is 0.394. The van der Waals surface area contributed by atoms with Gasteiger partial charge in [-0.2, -0.15) is 5.26 Å². The monoisotopic (exact) mass is 254 g/mol. The Bertz CT molecular complexity index is 653. The van der Waals surface area contributed by atoms with Crippen LogP contribution in [0.4, 0.5) is 0 Å². The third kappa shape index (κ3) is 1.57. The summed E-state index contributed by atoms with van der Waals surface area (Å²) in [5.74, 6) is 0.821. The highest BCUT2D eigenvalue weighted by atomic mass is 32.1. The van der Waals surface area contributed by atoms with Crippen LogP contribution in [0.5, 0.6) is 5.75 Å². The van der Waals surface area contributed by atoms with Crippen LogP contribution in [0, 0.1) is 11.3 Å². The molecule has 18 heavy (non-hydrogen) atoms. The molecule has 1 aliphatic heterocycles. The topological polar surface area (TPSA) is 59.0 Å². The molecule has 2 aromatic rings. The Morgan fingerprint density at radius 3 is 2.78 bits per heavy atom. The largest absolute Gasteiger partial charge is 0.440 e. The minimum absolute atomic E-state index is 0.111. The minimum atomic E-state index is -0.111. The molecule has 3 nitrogen and oxygen atoms in total. The van der Waals surface area contributed by atoms with Crippen LogP contribution in [0.1, 0.15) is 16.4 Å². The van der Waals surface area contributed by atoms with E-state index in [1.807, 2.05) is 41.8 Å². The second-order valence-electron chi connectivity index (χ2n) is 3.98. The molecule has 0 saturated carbocycles. The standard InChI is InChI=1S/C14H10N2OS/c15-8-10-13(12-6-3-7-18-12)9-4-1-2-5-11(9)17-14(10)16/h1-7,13H,16H2/t13-/m1/s1. The third-order valence-corrected chi connectivity index (χ3v) is 3.89. The number of benzene rings is 1. The van der Waals surface area contributed by atoms with Crippen molar-refractivity contribution in [3.8, 4) is 11.8 Å². The van der Waals surface area contributed by atoms with Crippen molar-refractivity contribution in [3.05, 3.63) is 63.7 Å². The van der Waals surface area contributed by atoms with Crippen LogP contribution in [0.15, 0.2) is 53.2 Å². The van der Waals surface area contributed by atoms with Gasteiger partial charge < -0.3 is 10.5 Å². The second-order valence-corrected chi connectivity index (χ2v) is 4.96. The zero-order valence-electron chi connectivity index (χ0n) is 9.46. The summed E-state index contributed by atoms with van der Waals surface area (Å²) < 4.78 is 5.50. The molecule has 4 heteroatoms. The Hall–Kier alpha value is -2.25. The number of hydrogen-bond donors (Lipinski definition) is 1. The van der Waals surface area contributed by atoms with Gasteiger partial charge in [-0.15, -0.1) is 11.3 Å². The number of para-hydroxylation sites is 1. The number of nitrogens with zero attached hydrogens (tertiary/aromatic N) is 1. The van der Waals surface area contributed by atoms with Crippen molar-refractivity contribution >= 4 is 11.3 Å². The molecule has 0 aliphatic carbocycles. The van der Waals surface area contributed by atoms with E-state index in [-0.39, 0.29) is 11.8 Å². The van der Waals surface area contributed by atoms with E-state index < -0.39 is 0 Å². The number of fused-ring (bicyclic) bond motifs is 1. The molecule has 0 bridgehead atoms. The number of rotatable bonds is 1. The highest BCUT2D eigenvalue weighted by molar-refractivity contribution is 7.10. The van der Waals surface area contributed by atoms with Crippen LogP contribution in [-0.4, -0.2) is 0 Å². The van der Waals surface area contributed by atoms with Crippen molar-refractivity contribution in [3.63, 3.8) is 0 Å². The van der Waals surface area contributed by atoms with Crippen molar-refractivity contribution in [1.82, 2.24) is 0 Å². The summed E-state index contributed by atoms with van der Waals surface area (Å²) >= 11 is 1.62. The van der Waals surface area contributed by atoms with Crippen molar-refractivity contribution in [2.45, 2.75) is 5.92 Å². The molecule has 0 saturated heterocycles. The highest BCUT2D eigenvalue weighted by Gasteiger charge is 2.30. The van der Waals surface area contributed by atoms with Crippen molar-refractivity contribution in [2.24, 2.45) is 5.73 Å². The van der Waals surface area contributed by atoms with Crippen LogP contribution in [0.3, 0.4) is 0 Å². The van der Waals surface area contributed by atoms with Gasteiger partial charge in [-0.1, -0.05) is 24.3 Å². The normalized spacial score (nSPS) is 17.8. The van der Waals surface area contributed by atoms with Crippen LogP contribution in [0.2, 0.25) is 0 Å². The average Bonchev–Trinajstić information content (AvgIpc) is 2.90. The first-order chi connectivity index (χ1) is 8.81. The summed E-state index contributed by atoms with van der Waals surface area (Å²) in [4.78, 5) is 1.10. The van der Waals surface area contributed by atoms with E-state index in [2.05, 4.69) is 6.07 Å². The highest BCUT2D eigenvalue weighted by Crippen LogP contribution is 2.42. The molecule has 2 heterocycles. The average molecular weight is 254 g/mol. The lowest BCUT2D eigenvalue weighted by Gasteiger charge is -2.25. The maximum Gasteiger partial charge on any atom is 0.205 e. The number of nitrogens with two attached hydrogens (primary N) is 1. The fourth-order valence-electron chi connectivity index (χ4n) is 2.15. The fourth-order valence-corrected chi connectivity index (χ4v) is 3.01. The van der Waals surface area contributed by atoms with Gasteiger partial charge in [0.1, 0.15) is 17.4 Å². The third-order valence-electron chi connectivity index (χ3n) is 2.95. The van der Waals surface area contributed by atoms with E-state index >= 15 is 0 Å². The Balaban J connectivity index is 2.23. The first-order valence-corrected chi connectivity index (χ1v) is 6.39. The Labute approximate surface area is 109 Å². The van der Waals surface area contributed by atoms with Crippen LogP contribution < -0.4 is 10.5 Å². The van der Waals surface area contributed by atoms with Crippen molar-refractivity contribution in [2.75, 3.05) is 0 Å². The number of hydrogen-bond acceptors (Lipinski definition) is 4. The van der Waals surface area contributed by atoms with Crippen molar-refractivity contribution < 1.29 is 4.74 Å². The zero-order valence-corrected chi connectivity index (χ0v) is 10.3. The first-order valence-electron chi connectivity index (χ1n) is 5.51. The lowest BCUT2D eigenvalue weighted by atomic mass is 9.88. The van der Waals surface area contributed by atoms with Gasteiger partial charge in [-0.05, 0) is 17.5 Å². The quantitative estimate of drug-likeness (QED) is 0.851. The number of ether oxygens (including phenoxy) is 1. The maximum atomic E-state index is 9.29. The fraction of sp³-hybridized carbons (Fsp3) is 0.0714. The van der Waals surface area contributed by atoms with E-state index in [1.165, 1.54) is 0 Å². The summed E-state index contributed by atoms with van der Waals surface area (Å²) in [7, 11) is 0.